The fourth-order valence-corrected chi connectivity index (χ4v) is 5.02. The van der Waals surface area contributed by atoms with Crippen molar-refractivity contribution in [3.8, 4) is 0 Å². The van der Waals surface area contributed by atoms with E-state index >= 15 is 0 Å². The lowest BCUT2D eigenvalue weighted by Crippen LogP contribution is -2.29. The Morgan fingerprint density at radius 2 is 2.07 bits per heavy atom. The van der Waals surface area contributed by atoms with Crippen LogP contribution in [0, 0.1) is 11.3 Å². The number of carbonyl (C=O) groups excluding carboxylic acids is 1. The molecule has 28 heavy (non-hydrogen) atoms. The maximum Gasteiger partial charge on any atom is 0.267 e. The van der Waals surface area contributed by atoms with Crippen molar-refractivity contribution in [1.29, 1.82) is 0 Å². The fraction of sp³-hybridized carbons (Fsp3) is 0.391. The van der Waals surface area contributed by atoms with Crippen LogP contribution >= 0.6 is 11.3 Å². The minimum atomic E-state index is -0.172. The molecule has 2 heterocycles. The van der Waals surface area contributed by atoms with E-state index in [4.69, 9.17) is 10.7 Å². The van der Waals surface area contributed by atoms with Crippen molar-refractivity contribution in [2.75, 3.05) is 11.1 Å². The molecule has 0 spiro atoms. The van der Waals surface area contributed by atoms with Crippen LogP contribution in [0.15, 0.2) is 36.4 Å². The topological polar surface area (TPSA) is 68.0 Å². The summed E-state index contributed by atoms with van der Waals surface area (Å²) in [5, 5.41) is 3.84. The Morgan fingerprint density at radius 3 is 2.79 bits per heavy atom. The number of aromatic nitrogens is 1. The first-order chi connectivity index (χ1) is 13.4. The van der Waals surface area contributed by atoms with Crippen LogP contribution in [0.5, 0.6) is 0 Å². The van der Waals surface area contributed by atoms with E-state index in [-0.39, 0.29) is 5.91 Å². The zero-order valence-corrected chi connectivity index (χ0v) is 17.5. The molecule has 1 amide bonds. The van der Waals surface area contributed by atoms with Gasteiger partial charge in [-0.25, -0.2) is 4.98 Å². The Morgan fingerprint density at radius 1 is 1.32 bits per heavy atom. The molecule has 1 aliphatic rings. The van der Waals surface area contributed by atoms with Crippen LogP contribution in [0.2, 0.25) is 0 Å². The Labute approximate surface area is 170 Å². The number of hydrogen-bond acceptors (Lipinski definition) is 4. The van der Waals surface area contributed by atoms with Crippen molar-refractivity contribution in [1.82, 2.24) is 4.98 Å². The minimum Gasteiger partial charge on any atom is -0.397 e. The highest BCUT2D eigenvalue weighted by molar-refractivity contribution is 7.21. The second-order valence-electron chi connectivity index (χ2n) is 8.39. The van der Waals surface area contributed by atoms with Crippen molar-refractivity contribution in [2.24, 2.45) is 11.3 Å². The van der Waals surface area contributed by atoms with Crippen molar-refractivity contribution >= 4 is 38.8 Å². The van der Waals surface area contributed by atoms with Gasteiger partial charge >= 0.3 is 0 Å². The normalized spacial score (nSPS) is 16.8. The lowest BCUT2D eigenvalue weighted by Gasteiger charge is -2.36. The molecule has 3 N–H and O–H groups in total. The van der Waals surface area contributed by atoms with Crippen molar-refractivity contribution in [3.05, 3.63) is 52.5 Å². The third-order valence-electron chi connectivity index (χ3n) is 6.34. The number of nitrogen functional groups attached to an aromatic ring is 1. The number of nitrogens with two attached hydrogens (primary N) is 1. The molecule has 0 bridgehead atoms. The van der Waals surface area contributed by atoms with Crippen molar-refractivity contribution in [2.45, 2.75) is 46.5 Å². The zero-order chi connectivity index (χ0) is 19.9. The lowest BCUT2D eigenvalue weighted by atomic mass is 9.69. The molecule has 0 radical (unpaired) electrons. The third-order valence-corrected chi connectivity index (χ3v) is 7.45. The highest BCUT2D eigenvalue weighted by atomic mass is 32.1. The predicted octanol–water partition coefficient (Wildman–Crippen LogP) is 5.67. The van der Waals surface area contributed by atoms with Gasteiger partial charge in [0.15, 0.2) is 0 Å². The average Bonchev–Trinajstić information content (AvgIpc) is 3.02. The van der Waals surface area contributed by atoms with Crippen LogP contribution in [-0.4, -0.2) is 10.9 Å². The summed E-state index contributed by atoms with van der Waals surface area (Å²) in [4.78, 5) is 19.0. The molecule has 0 saturated carbocycles. The Hall–Kier alpha value is -2.40. The summed E-state index contributed by atoms with van der Waals surface area (Å²) in [6.45, 7) is 6.99. The fourth-order valence-electron chi connectivity index (χ4n) is 4.02. The monoisotopic (exact) mass is 393 g/mol. The van der Waals surface area contributed by atoms with Gasteiger partial charge in [0.2, 0.25) is 0 Å². The number of thiophene rings is 1. The molecule has 1 aromatic carbocycles. The number of nitrogens with one attached hydrogen (secondary N) is 1. The van der Waals surface area contributed by atoms with Gasteiger partial charge in [0, 0.05) is 16.8 Å². The van der Waals surface area contributed by atoms with Gasteiger partial charge in [-0.15, -0.1) is 11.3 Å². The molecule has 1 atom stereocenters. The summed E-state index contributed by atoms with van der Waals surface area (Å²) < 4.78 is 0. The number of nitrogens with zero attached hydrogens (tertiary/aromatic N) is 1. The standard InChI is InChI=1S/C23H27N3OS/c1-4-23(2,3)15-10-11-18-14(12-15)13-17-19(24)20(28-22(17)26-18)21(27)25-16-8-6-5-7-9-16/h5-9,13,15H,4,10-12,24H2,1-3H3,(H,25,27)/t15-/m0/s1. The van der Waals surface area contributed by atoms with E-state index in [0.717, 1.165) is 28.7 Å². The number of carbonyl (C=O) groups is 1. The molecule has 4 rings (SSSR count). The molecule has 4 nitrogen and oxygen atoms in total. The summed E-state index contributed by atoms with van der Waals surface area (Å²) in [6.07, 6.45) is 4.39. The first kappa shape index (κ1) is 18.9. The van der Waals surface area contributed by atoms with Crippen LogP contribution in [0.3, 0.4) is 0 Å². The van der Waals surface area contributed by atoms with Gasteiger partial charge in [-0.2, -0.15) is 0 Å². The second kappa shape index (κ2) is 7.21. The summed E-state index contributed by atoms with van der Waals surface area (Å²) in [5.41, 5.74) is 10.5. The number of fused-ring (bicyclic) bond motifs is 2. The van der Waals surface area contributed by atoms with Gasteiger partial charge in [0.25, 0.3) is 5.91 Å². The van der Waals surface area contributed by atoms with Crippen molar-refractivity contribution in [3.63, 3.8) is 0 Å². The second-order valence-corrected chi connectivity index (χ2v) is 9.39. The van der Waals surface area contributed by atoms with Crippen LogP contribution < -0.4 is 11.1 Å². The molecule has 3 aromatic rings. The average molecular weight is 394 g/mol. The van der Waals surface area contributed by atoms with Gasteiger partial charge in [-0.3, -0.25) is 4.79 Å². The van der Waals surface area contributed by atoms with Crippen LogP contribution in [0.4, 0.5) is 11.4 Å². The number of hydrogen-bond donors (Lipinski definition) is 2. The third kappa shape index (κ3) is 3.39. The molecular weight excluding hydrogens is 366 g/mol. The van der Waals surface area contributed by atoms with Crippen LogP contribution in [0.25, 0.3) is 10.2 Å². The van der Waals surface area contributed by atoms with Crippen LogP contribution in [0.1, 0.15) is 54.5 Å². The molecule has 1 aliphatic carbocycles. The van der Waals surface area contributed by atoms with E-state index in [9.17, 15) is 4.79 Å². The Balaban J connectivity index is 1.66. The number of amides is 1. The van der Waals surface area contributed by atoms with Gasteiger partial charge in [-0.05, 0) is 54.4 Å². The predicted molar refractivity (Wildman–Crippen MR) is 118 cm³/mol. The van der Waals surface area contributed by atoms with E-state index in [1.165, 1.54) is 35.4 Å². The highest BCUT2D eigenvalue weighted by Gasteiger charge is 2.32. The van der Waals surface area contributed by atoms with E-state index < -0.39 is 0 Å². The summed E-state index contributed by atoms with van der Waals surface area (Å²) >= 11 is 1.39. The summed E-state index contributed by atoms with van der Waals surface area (Å²) in [7, 11) is 0. The number of anilines is 2. The quantitative estimate of drug-likeness (QED) is 0.600. The SMILES string of the molecule is CCC(C)(C)[C@H]1CCc2nc3sc(C(=O)Nc4ccccc4)c(N)c3cc2C1. The molecule has 5 heteroatoms. The summed E-state index contributed by atoms with van der Waals surface area (Å²) in [5.74, 6) is 0.486. The van der Waals surface area contributed by atoms with E-state index in [1.807, 2.05) is 30.3 Å². The maximum atomic E-state index is 12.7. The molecule has 146 valence electrons. The zero-order valence-electron chi connectivity index (χ0n) is 16.7. The lowest BCUT2D eigenvalue weighted by molar-refractivity contribution is 0.103. The first-order valence-corrected chi connectivity index (χ1v) is 10.8. The van der Waals surface area contributed by atoms with E-state index in [2.05, 4.69) is 32.2 Å². The maximum absolute atomic E-state index is 12.7. The van der Waals surface area contributed by atoms with Gasteiger partial charge in [0.05, 0.1) is 5.69 Å². The Bertz CT molecular complexity index is 1020. The highest BCUT2D eigenvalue weighted by Crippen LogP contribution is 2.42. The molecule has 0 saturated heterocycles. The molecule has 0 unspecified atom stereocenters. The Kier molecular flexibility index (Phi) is 4.88. The molecule has 2 aromatic heterocycles. The van der Waals surface area contributed by atoms with Crippen molar-refractivity contribution < 1.29 is 4.79 Å². The minimum absolute atomic E-state index is 0.172. The smallest absolute Gasteiger partial charge is 0.267 e. The van der Waals surface area contributed by atoms with Gasteiger partial charge in [0.1, 0.15) is 9.71 Å². The molecule has 0 fully saturated rings. The first-order valence-electron chi connectivity index (χ1n) is 9.96. The molecular formula is C23H27N3OS. The van der Waals surface area contributed by atoms with E-state index in [1.54, 1.807) is 0 Å². The largest absolute Gasteiger partial charge is 0.397 e. The van der Waals surface area contributed by atoms with E-state index in [0.29, 0.717) is 21.9 Å². The number of rotatable bonds is 4. The summed E-state index contributed by atoms with van der Waals surface area (Å²) in [6, 6.07) is 11.6. The number of para-hydroxylation sites is 1. The number of benzene rings is 1. The molecule has 0 aliphatic heterocycles. The number of aryl methyl sites for hydroxylation is 1. The van der Waals surface area contributed by atoms with Gasteiger partial charge < -0.3 is 11.1 Å². The van der Waals surface area contributed by atoms with Crippen LogP contribution in [-0.2, 0) is 12.8 Å². The number of pyridine rings is 1. The van der Waals surface area contributed by atoms with Gasteiger partial charge in [-0.1, -0.05) is 45.4 Å².